The first-order valence-corrected chi connectivity index (χ1v) is 8.88. The Kier molecular flexibility index (Phi) is 5.82. The third kappa shape index (κ3) is 3.51. The topological polar surface area (TPSA) is 95.8 Å². The summed E-state index contributed by atoms with van der Waals surface area (Å²) in [5, 5.41) is 18.2. The van der Waals surface area contributed by atoms with Crippen LogP contribution in [0.3, 0.4) is 0 Å². The molecule has 0 aromatic heterocycles. The molecule has 1 saturated carbocycles. The van der Waals surface area contributed by atoms with E-state index in [4.69, 9.17) is 38.6 Å². The van der Waals surface area contributed by atoms with Crippen molar-refractivity contribution in [2.45, 2.75) is 49.7 Å². The van der Waals surface area contributed by atoms with Gasteiger partial charge in [0.15, 0.2) is 0 Å². The van der Waals surface area contributed by atoms with Gasteiger partial charge < -0.3 is 38.6 Å². The van der Waals surface area contributed by atoms with Gasteiger partial charge in [-0.15, -0.1) is 0 Å². The van der Waals surface area contributed by atoms with Gasteiger partial charge in [0.05, 0.1) is 33.0 Å². The molecule has 144 valence electrons. The van der Waals surface area contributed by atoms with Crippen molar-refractivity contribution in [3.63, 3.8) is 0 Å². The lowest BCUT2D eigenvalue weighted by Gasteiger charge is -2.58. The van der Waals surface area contributed by atoms with Gasteiger partial charge in [-0.2, -0.15) is 0 Å². The van der Waals surface area contributed by atoms with Gasteiger partial charge in [-0.1, -0.05) is 30.3 Å². The van der Waals surface area contributed by atoms with Crippen LogP contribution in [0.4, 0.5) is 0 Å². The molecule has 8 heteroatoms. The molecule has 26 heavy (non-hydrogen) atoms. The molecule has 8 nitrogen and oxygen atoms in total. The van der Waals surface area contributed by atoms with E-state index in [1.54, 1.807) is 0 Å². The summed E-state index contributed by atoms with van der Waals surface area (Å²) < 4.78 is 35.1. The molecule has 5 rings (SSSR count). The van der Waals surface area contributed by atoms with Crippen LogP contribution in [-0.4, -0.2) is 79.7 Å². The van der Waals surface area contributed by atoms with Crippen LogP contribution in [0.15, 0.2) is 30.3 Å². The van der Waals surface area contributed by atoms with E-state index in [-0.39, 0.29) is 38.6 Å². The highest BCUT2D eigenvalue weighted by atomic mass is 16.9. The number of hydrogen-bond donors (Lipinski definition) is 2. The predicted octanol–water partition coefficient (Wildman–Crippen LogP) is -0.193. The standard InChI is InChI=1S/C18H24O8/c19-6-8-21-12-15-13(22-9-7-20)17-14(16(12)25-18(24-15)26-17)23-10-11-4-2-1-3-5-11/h1-5,12-20H,6-10H2/t12-,13-,14?,15?,16-,17+,18?/m0/s1. The second-order valence-electron chi connectivity index (χ2n) is 6.47. The third-order valence-electron chi connectivity index (χ3n) is 4.84. The fraction of sp³-hybridized carbons (Fsp3) is 0.667. The first-order chi connectivity index (χ1) is 12.8. The lowest BCUT2D eigenvalue weighted by molar-refractivity contribution is -0.489. The molecule has 1 aromatic rings. The van der Waals surface area contributed by atoms with E-state index in [9.17, 15) is 0 Å². The van der Waals surface area contributed by atoms with Gasteiger partial charge in [0.25, 0.3) is 6.48 Å². The minimum absolute atomic E-state index is 0.100. The summed E-state index contributed by atoms with van der Waals surface area (Å²) in [5.74, 6) is 0. The Bertz CT molecular complexity index is 544. The highest BCUT2D eigenvalue weighted by molar-refractivity contribution is 5.14. The lowest BCUT2D eigenvalue weighted by Crippen LogP contribution is -2.76. The average Bonchev–Trinajstić information content (AvgIpc) is 2.67. The maximum Gasteiger partial charge on any atom is 0.272 e. The van der Waals surface area contributed by atoms with Gasteiger partial charge in [-0.05, 0) is 5.56 Å². The fourth-order valence-electron chi connectivity index (χ4n) is 3.78. The Morgan fingerprint density at radius 1 is 0.731 bits per heavy atom. The Balaban J connectivity index is 1.52. The fourth-order valence-corrected chi connectivity index (χ4v) is 3.78. The zero-order valence-corrected chi connectivity index (χ0v) is 14.3. The minimum Gasteiger partial charge on any atom is -0.394 e. The highest BCUT2D eigenvalue weighted by Gasteiger charge is 2.63. The molecule has 4 fully saturated rings. The molecule has 2 N–H and O–H groups in total. The van der Waals surface area contributed by atoms with Gasteiger partial charge in [-0.3, -0.25) is 0 Å². The number of rotatable bonds is 9. The van der Waals surface area contributed by atoms with Crippen molar-refractivity contribution >= 4 is 0 Å². The van der Waals surface area contributed by atoms with Crippen LogP contribution in [-0.2, 0) is 35.0 Å². The predicted molar refractivity (Wildman–Crippen MR) is 87.1 cm³/mol. The summed E-state index contributed by atoms with van der Waals surface area (Å²) in [6.07, 6.45) is -2.43. The first kappa shape index (κ1) is 18.3. The first-order valence-electron chi connectivity index (χ1n) is 8.88. The van der Waals surface area contributed by atoms with Crippen LogP contribution in [0.1, 0.15) is 5.56 Å². The molecule has 1 aliphatic carbocycles. The van der Waals surface area contributed by atoms with E-state index in [2.05, 4.69) is 0 Å². The van der Waals surface area contributed by atoms with E-state index >= 15 is 0 Å². The molecule has 0 radical (unpaired) electrons. The number of benzene rings is 1. The number of aliphatic hydroxyl groups excluding tert-OH is 2. The SMILES string of the molecule is OCCO[C@H]1C2OC3O[C@@H]1C(OCc1ccccc1)[C@H](O3)[C@H]2OCCO. The summed E-state index contributed by atoms with van der Waals surface area (Å²) in [7, 11) is 0. The molecule has 1 aromatic carbocycles. The molecule has 7 atom stereocenters. The summed E-state index contributed by atoms with van der Waals surface area (Å²) in [5.41, 5.74) is 1.04. The van der Waals surface area contributed by atoms with Crippen LogP contribution in [0, 0.1) is 0 Å². The van der Waals surface area contributed by atoms with Crippen molar-refractivity contribution in [1.29, 1.82) is 0 Å². The van der Waals surface area contributed by atoms with Gasteiger partial charge in [0, 0.05) is 0 Å². The summed E-state index contributed by atoms with van der Waals surface area (Å²) in [6.45, 7) is -0.235. The molecule has 4 aliphatic rings. The molecule has 4 bridgehead atoms. The molecular formula is C18H24O8. The third-order valence-corrected chi connectivity index (χ3v) is 4.84. The molecule has 3 aliphatic heterocycles. The van der Waals surface area contributed by atoms with E-state index in [1.165, 1.54) is 0 Å². The van der Waals surface area contributed by atoms with Crippen LogP contribution >= 0.6 is 0 Å². The maximum absolute atomic E-state index is 9.12. The van der Waals surface area contributed by atoms with Crippen LogP contribution < -0.4 is 0 Å². The van der Waals surface area contributed by atoms with Crippen molar-refractivity contribution in [1.82, 2.24) is 0 Å². The number of hydrogen-bond acceptors (Lipinski definition) is 8. The molecule has 0 spiro atoms. The molecule has 3 saturated heterocycles. The minimum atomic E-state index is -0.769. The summed E-state index contributed by atoms with van der Waals surface area (Å²) in [6, 6.07) is 9.84. The summed E-state index contributed by atoms with van der Waals surface area (Å²) >= 11 is 0. The quantitative estimate of drug-likeness (QED) is 0.619. The monoisotopic (exact) mass is 368 g/mol. The van der Waals surface area contributed by atoms with E-state index in [1.807, 2.05) is 30.3 Å². The number of aliphatic hydroxyl groups is 2. The van der Waals surface area contributed by atoms with Crippen LogP contribution in [0.2, 0.25) is 0 Å². The van der Waals surface area contributed by atoms with Crippen molar-refractivity contribution in [3.8, 4) is 0 Å². The van der Waals surface area contributed by atoms with Crippen molar-refractivity contribution in [2.24, 2.45) is 0 Å². The highest BCUT2D eigenvalue weighted by Crippen LogP contribution is 2.43. The maximum atomic E-state index is 9.12. The van der Waals surface area contributed by atoms with Crippen LogP contribution in [0.5, 0.6) is 0 Å². The smallest absolute Gasteiger partial charge is 0.272 e. The Morgan fingerprint density at radius 2 is 1.23 bits per heavy atom. The normalized spacial score (nSPS) is 38.0. The van der Waals surface area contributed by atoms with Gasteiger partial charge >= 0.3 is 0 Å². The second kappa shape index (κ2) is 8.28. The van der Waals surface area contributed by atoms with Crippen molar-refractivity contribution in [2.75, 3.05) is 26.4 Å². The van der Waals surface area contributed by atoms with E-state index in [0.717, 1.165) is 5.56 Å². The Morgan fingerprint density at radius 3 is 1.73 bits per heavy atom. The zero-order chi connectivity index (χ0) is 17.9. The van der Waals surface area contributed by atoms with E-state index in [0.29, 0.717) is 6.61 Å². The largest absolute Gasteiger partial charge is 0.394 e. The second-order valence-corrected chi connectivity index (χ2v) is 6.47. The Labute approximate surface area is 151 Å². The van der Waals surface area contributed by atoms with Crippen LogP contribution in [0.25, 0.3) is 0 Å². The lowest BCUT2D eigenvalue weighted by atomic mass is 9.82. The zero-order valence-electron chi connectivity index (χ0n) is 14.3. The average molecular weight is 368 g/mol. The molecule has 3 unspecified atom stereocenters. The Hall–Kier alpha value is -1.10. The molecular weight excluding hydrogens is 344 g/mol. The number of ether oxygens (including phenoxy) is 6. The van der Waals surface area contributed by atoms with Gasteiger partial charge in [0.2, 0.25) is 0 Å². The van der Waals surface area contributed by atoms with Gasteiger partial charge in [-0.25, -0.2) is 0 Å². The summed E-state index contributed by atoms with van der Waals surface area (Å²) in [4.78, 5) is 0. The molecule has 0 amide bonds. The van der Waals surface area contributed by atoms with E-state index < -0.39 is 30.9 Å². The van der Waals surface area contributed by atoms with Crippen molar-refractivity contribution in [3.05, 3.63) is 35.9 Å². The molecule has 3 heterocycles. The van der Waals surface area contributed by atoms with Crippen molar-refractivity contribution < 1.29 is 38.6 Å². The van der Waals surface area contributed by atoms with Gasteiger partial charge in [0.1, 0.15) is 36.6 Å².